The molecule has 17 heavy (non-hydrogen) atoms. The summed E-state index contributed by atoms with van der Waals surface area (Å²) in [5.41, 5.74) is 6.61. The van der Waals surface area contributed by atoms with Crippen LogP contribution >= 0.6 is 0 Å². The molecule has 3 heteroatoms. The molecule has 0 aromatic rings. The normalized spacial score (nSPS) is 34.4. The maximum atomic E-state index is 6.05. The van der Waals surface area contributed by atoms with Gasteiger partial charge in [-0.3, -0.25) is 0 Å². The molecule has 0 aromatic heterocycles. The Balaban J connectivity index is 1.78. The van der Waals surface area contributed by atoms with Crippen LogP contribution in [0.2, 0.25) is 0 Å². The number of nitrogens with two attached hydrogens (primary N) is 1. The van der Waals surface area contributed by atoms with Crippen LogP contribution in [0, 0.1) is 11.3 Å². The van der Waals surface area contributed by atoms with Gasteiger partial charge in [-0.1, -0.05) is 13.8 Å². The zero-order valence-electron chi connectivity index (χ0n) is 11.6. The highest BCUT2D eigenvalue weighted by molar-refractivity contribution is 4.86. The Bertz CT molecular complexity index is 245. The van der Waals surface area contributed by atoms with Gasteiger partial charge in [0.15, 0.2) is 0 Å². The lowest BCUT2D eigenvalue weighted by Crippen LogP contribution is -2.43. The van der Waals surface area contributed by atoms with E-state index in [2.05, 4.69) is 25.8 Å². The third-order valence-electron chi connectivity index (χ3n) is 4.70. The van der Waals surface area contributed by atoms with Crippen molar-refractivity contribution in [2.75, 3.05) is 26.8 Å². The molecular weight excluding hydrogens is 212 g/mol. The minimum absolute atomic E-state index is 0.248. The van der Waals surface area contributed by atoms with Gasteiger partial charge in [0.05, 0.1) is 13.2 Å². The predicted molar refractivity (Wildman–Crippen MR) is 71.0 cm³/mol. The van der Waals surface area contributed by atoms with Gasteiger partial charge in [0.25, 0.3) is 0 Å². The maximum Gasteiger partial charge on any atom is 0.0621 e. The highest BCUT2D eigenvalue weighted by Crippen LogP contribution is 2.36. The third-order valence-corrected chi connectivity index (χ3v) is 4.70. The van der Waals surface area contributed by atoms with E-state index >= 15 is 0 Å². The number of hydrogen-bond acceptors (Lipinski definition) is 3. The molecule has 1 saturated carbocycles. The van der Waals surface area contributed by atoms with Gasteiger partial charge >= 0.3 is 0 Å². The summed E-state index contributed by atoms with van der Waals surface area (Å²) >= 11 is 0. The van der Waals surface area contributed by atoms with E-state index in [1.54, 1.807) is 0 Å². The van der Waals surface area contributed by atoms with Gasteiger partial charge in [-0.25, -0.2) is 0 Å². The average molecular weight is 240 g/mol. The first-order valence-corrected chi connectivity index (χ1v) is 7.01. The fraction of sp³-hybridized carbons (Fsp3) is 1.00. The second kappa shape index (κ2) is 5.25. The van der Waals surface area contributed by atoms with Crippen molar-refractivity contribution in [2.45, 2.75) is 51.6 Å². The van der Waals surface area contributed by atoms with Crippen LogP contribution in [-0.4, -0.2) is 43.8 Å². The lowest BCUT2D eigenvalue weighted by Gasteiger charge is -2.39. The molecule has 0 aromatic carbocycles. The van der Waals surface area contributed by atoms with E-state index in [0.29, 0.717) is 11.3 Å². The fourth-order valence-corrected chi connectivity index (χ4v) is 3.15. The van der Waals surface area contributed by atoms with Crippen LogP contribution in [0.1, 0.15) is 39.5 Å². The van der Waals surface area contributed by atoms with Crippen molar-refractivity contribution in [3.8, 4) is 0 Å². The first kappa shape index (κ1) is 13.3. The van der Waals surface area contributed by atoms with Gasteiger partial charge in [-0.15, -0.1) is 0 Å². The molecular formula is C14H28N2O. The summed E-state index contributed by atoms with van der Waals surface area (Å²) in [5, 5.41) is 0. The van der Waals surface area contributed by atoms with Gasteiger partial charge in [-0.05, 0) is 38.1 Å². The van der Waals surface area contributed by atoms with Crippen LogP contribution in [0.25, 0.3) is 0 Å². The van der Waals surface area contributed by atoms with Crippen molar-refractivity contribution < 1.29 is 4.74 Å². The number of hydrogen-bond donors (Lipinski definition) is 1. The number of nitrogens with zero attached hydrogens (tertiary/aromatic N) is 1. The van der Waals surface area contributed by atoms with Crippen LogP contribution in [0.5, 0.6) is 0 Å². The van der Waals surface area contributed by atoms with E-state index in [9.17, 15) is 0 Å². The molecule has 2 fully saturated rings. The Labute approximate surface area is 106 Å². The van der Waals surface area contributed by atoms with Gasteiger partial charge in [-0.2, -0.15) is 0 Å². The number of rotatable bonds is 3. The van der Waals surface area contributed by atoms with Crippen molar-refractivity contribution in [1.29, 1.82) is 0 Å². The van der Waals surface area contributed by atoms with E-state index in [4.69, 9.17) is 10.5 Å². The molecule has 1 aliphatic carbocycles. The van der Waals surface area contributed by atoms with Crippen LogP contribution in [-0.2, 0) is 4.74 Å². The molecule has 2 atom stereocenters. The molecule has 1 heterocycles. The fourth-order valence-electron chi connectivity index (χ4n) is 3.15. The summed E-state index contributed by atoms with van der Waals surface area (Å²) in [6, 6.07) is 1.01. The Kier molecular flexibility index (Phi) is 4.11. The molecule has 2 aliphatic rings. The van der Waals surface area contributed by atoms with E-state index in [0.717, 1.165) is 25.8 Å². The Morgan fingerprint density at radius 1 is 1.24 bits per heavy atom. The van der Waals surface area contributed by atoms with Gasteiger partial charge in [0.1, 0.15) is 0 Å². The van der Waals surface area contributed by atoms with E-state index < -0.39 is 0 Å². The topological polar surface area (TPSA) is 38.5 Å². The monoisotopic (exact) mass is 240 g/mol. The Hall–Kier alpha value is -0.120. The van der Waals surface area contributed by atoms with Crippen LogP contribution in [0.4, 0.5) is 0 Å². The second-order valence-electron chi connectivity index (χ2n) is 6.80. The molecule has 1 saturated heterocycles. The van der Waals surface area contributed by atoms with Crippen LogP contribution in [0.15, 0.2) is 0 Å². The minimum atomic E-state index is 0.248. The SMILES string of the molecule is CN(CC1COCC1N)C1CCC(C)(C)CC1. The molecule has 2 rings (SSSR count). The average Bonchev–Trinajstić information content (AvgIpc) is 2.64. The molecule has 0 spiro atoms. The zero-order valence-corrected chi connectivity index (χ0v) is 11.6. The lowest BCUT2D eigenvalue weighted by atomic mass is 9.75. The predicted octanol–water partition coefficient (Wildman–Crippen LogP) is 1.86. The van der Waals surface area contributed by atoms with Gasteiger partial charge in [0, 0.05) is 24.5 Å². The van der Waals surface area contributed by atoms with Crippen molar-refractivity contribution in [3.05, 3.63) is 0 Å². The molecule has 3 nitrogen and oxygen atoms in total. The van der Waals surface area contributed by atoms with E-state index in [1.807, 2.05) is 0 Å². The number of ether oxygens (including phenoxy) is 1. The van der Waals surface area contributed by atoms with Gasteiger partial charge in [0.2, 0.25) is 0 Å². The Morgan fingerprint density at radius 3 is 2.41 bits per heavy atom. The van der Waals surface area contributed by atoms with E-state index in [1.165, 1.54) is 25.7 Å². The smallest absolute Gasteiger partial charge is 0.0621 e. The van der Waals surface area contributed by atoms with Gasteiger partial charge < -0.3 is 15.4 Å². The summed E-state index contributed by atoms with van der Waals surface area (Å²) in [6.07, 6.45) is 5.39. The molecule has 2 N–H and O–H groups in total. The van der Waals surface area contributed by atoms with Crippen molar-refractivity contribution in [3.63, 3.8) is 0 Å². The molecule has 0 amide bonds. The highest BCUT2D eigenvalue weighted by atomic mass is 16.5. The minimum Gasteiger partial charge on any atom is -0.379 e. The maximum absolute atomic E-state index is 6.05. The van der Waals surface area contributed by atoms with Crippen LogP contribution < -0.4 is 5.73 Å². The van der Waals surface area contributed by atoms with Crippen molar-refractivity contribution in [2.24, 2.45) is 17.1 Å². The summed E-state index contributed by atoms with van der Waals surface area (Å²) in [6.45, 7) is 7.49. The summed E-state index contributed by atoms with van der Waals surface area (Å²) in [4.78, 5) is 2.52. The van der Waals surface area contributed by atoms with Crippen molar-refractivity contribution in [1.82, 2.24) is 4.90 Å². The molecule has 2 unspecified atom stereocenters. The quantitative estimate of drug-likeness (QED) is 0.818. The second-order valence-corrected chi connectivity index (χ2v) is 6.80. The van der Waals surface area contributed by atoms with E-state index in [-0.39, 0.29) is 6.04 Å². The lowest BCUT2D eigenvalue weighted by molar-refractivity contribution is 0.107. The highest BCUT2D eigenvalue weighted by Gasteiger charge is 2.32. The third kappa shape index (κ3) is 3.43. The first-order chi connectivity index (χ1) is 7.98. The molecule has 0 bridgehead atoms. The van der Waals surface area contributed by atoms with Crippen LogP contribution in [0.3, 0.4) is 0 Å². The summed E-state index contributed by atoms with van der Waals surface area (Å²) in [5.74, 6) is 0.537. The zero-order chi connectivity index (χ0) is 12.5. The first-order valence-electron chi connectivity index (χ1n) is 7.01. The largest absolute Gasteiger partial charge is 0.379 e. The standard InChI is InChI=1S/C14H28N2O/c1-14(2)6-4-12(5-7-14)16(3)8-11-9-17-10-13(11)15/h11-13H,4-10,15H2,1-3H3. The molecule has 1 aliphatic heterocycles. The Morgan fingerprint density at radius 2 is 1.88 bits per heavy atom. The summed E-state index contributed by atoms with van der Waals surface area (Å²) < 4.78 is 5.44. The summed E-state index contributed by atoms with van der Waals surface area (Å²) in [7, 11) is 2.26. The molecule has 100 valence electrons. The van der Waals surface area contributed by atoms with Crippen molar-refractivity contribution >= 4 is 0 Å². The molecule has 0 radical (unpaired) electrons.